The van der Waals surface area contributed by atoms with E-state index in [1.807, 2.05) is 60.8 Å². The number of H-pyrrole nitrogens is 1. The van der Waals surface area contributed by atoms with Crippen LogP contribution in [0, 0.1) is 0 Å². The Morgan fingerprint density at radius 3 is 2.55 bits per heavy atom. The van der Waals surface area contributed by atoms with Gasteiger partial charge in [-0.3, -0.25) is 4.79 Å². The second-order valence-electron chi connectivity index (χ2n) is 7.24. The molecule has 31 heavy (non-hydrogen) atoms. The van der Waals surface area contributed by atoms with E-state index in [4.69, 9.17) is 0 Å². The van der Waals surface area contributed by atoms with Gasteiger partial charge < -0.3 is 10.3 Å². The molecule has 0 saturated heterocycles. The van der Waals surface area contributed by atoms with Crippen LogP contribution in [0.4, 0.5) is 0 Å². The van der Waals surface area contributed by atoms with Gasteiger partial charge in [-0.25, -0.2) is 13.1 Å². The molecular weight excluding hydrogens is 430 g/mol. The minimum atomic E-state index is -3.68. The molecule has 1 amide bonds. The highest BCUT2D eigenvalue weighted by Crippen LogP contribution is 2.31. The molecule has 0 spiro atoms. The number of carbonyl (C=O) groups excluding carboxylic acids is 1. The lowest BCUT2D eigenvalue weighted by Gasteiger charge is -2.18. The first-order valence-electron chi connectivity index (χ1n) is 9.88. The number of para-hydroxylation sites is 1. The van der Waals surface area contributed by atoms with E-state index in [-0.39, 0.29) is 22.6 Å². The fraction of sp³-hybridized carbons (Fsp3) is 0.174. The third-order valence-electron chi connectivity index (χ3n) is 5.09. The van der Waals surface area contributed by atoms with E-state index in [9.17, 15) is 13.2 Å². The zero-order valence-electron chi connectivity index (χ0n) is 17.0. The van der Waals surface area contributed by atoms with Gasteiger partial charge in [0, 0.05) is 41.4 Å². The number of hydrogen-bond acceptors (Lipinski definition) is 4. The third kappa shape index (κ3) is 4.87. The van der Waals surface area contributed by atoms with E-state index < -0.39 is 10.0 Å². The second kappa shape index (κ2) is 9.05. The van der Waals surface area contributed by atoms with Crippen molar-refractivity contribution in [2.24, 2.45) is 0 Å². The maximum absolute atomic E-state index is 13.0. The number of sulfonamides is 1. The summed E-state index contributed by atoms with van der Waals surface area (Å²) in [6, 6.07) is 21.2. The minimum Gasteiger partial charge on any atom is -0.361 e. The summed E-state index contributed by atoms with van der Waals surface area (Å²) in [5.41, 5.74) is 3.09. The van der Waals surface area contributed by atoms with E-state index in [1.165, 1.54) is 6.92 Å². The highest BCUT2D eigenvalue weighted by atomic mass is 32.2. The predicted molar refractivity (Wildman–Crippen MR) is 124 cm³/mol. The van der Waals surface area contributed by atoms with Crippen LogP contribution in [0.15, 0.2) is 77.1 Å². The number of thiophene rings is 1. The van der Waals surface area contributed by atoms with Crippen LogP contribution in [-0.4, -0.2) is 25.9 Å². The molecule has 0 radical (unpaired) electrons. The Morgan fingerprint density at radius 1 is 1.03 bits per heavy atom. The lowest BCUT2D eigenvalue weighted by atomic mass is 9.91. The Kier molecular flexibility index (Phi) is 6.22. The van der Waals surface area contributed by atoms with Crippen molar-refractivity contribution in [2.75, 3.05) is 6.54 Å². The molecule has 4 aromatic rings. The summed E-state index contributed by atoms with van der Waals surface area (Å²) in [7, 11) is -3.68. The van der Waals surface area contributed by atoms with Crippen molar-refractivity contribution in [1.82, 2.24) is 15.0 Å². The lowest BCUT2D eigenvalue weighted by Crippen LogP contribution is -2.28. The molecule has 0 fully saturated rings. The third-order valence-corrected chi connectivity index (χ3v) is 8.09. The highest BCUT2D eigenvalue weighted by Gasteiger charge is 2.23. The number of hydrogen-bond donors (Lipinski definition) is 3. The molecule has 8 heteroatoms. The maximum atomic E-state index is 13.0. The molecule has 0 aliphatic carbocycles. The molecule has 6 nitrogen and oxygen atoms in total. The monoisotopic (exact) mass is 453 g/mol. The van der Waals surface area contributed by atoms with E-state index in [0.29, 0.717) is 6.54 Å². The molecule has 2 aromatic heterocycles. The Labute approximate surface area is 185 Å². The van der Waals surface area contributed by atoms with Gasteiger partial charge in [-0.1, -0.05) is 48.5 Å². The van der Waals surface area contributed by atoms with Crippen molar-refractivity contribution in [3.05, 3.63) is 88.9 Å². The van der Waals surface area contributed by atoms with Crippen LogP contribution in [0.1, 0.15) is 28.8 Å². The number of benzene rings is 2. The number of amides is 1. The average molecular weight is 454 g/mol. The van der Waals surface area contributed by atoms with Gasteiger partial charge in [0.05, 0.1) is 6.54 Å². The molecular formula is C23H23N3O3S2. The highest BCUT2D eigenvalue weighted by molar-refractivity contribution is 7.91. The SMILES string of the molecule is CC(=O)NCc1ccc(S(=O)(=O)NCC(c2ccccc2)c2c[nH]c3ccccc23)s1. The van der Waals surface area contributed by atoms with Crippen molar-refractivity contribution >= 4 is 38.2 Å². The van der Waals surface area contributed by atoms with Crippen LogP contribution in [0.25, 0.3) is 10.9 Å². The van der Waals surface area contributed by atoms with Gasteiger partial charge in [-0.05, 0) is 29.3 Å². The van der Waals surface area contributed by atoms with Gasteiger partial charge >= 0.3 is 0 Å². The summed E-state index contributed by atoms with van der Waals surface area (Å²) in [6.07, 6.45) is 1.95. The molecule has 0 aliphatic heterocycles. The Hall–Kier alpha value is -2.94. The average Bonchev–Trinajstić information content (AvgIpc) is 3.41. The maximum Gasteiger partial charge on any atom is 0.250 e. The molecule has 160 valence electrons. The van der Waals surface area contributed by atoms with Crippen molar-refractivity contribution in [3.63, 3.8) is 0 Å². The summed E-state index contributed by atoms with van der Waals surface area (Å²) in [6.45, 7) is 1.98. The Bertz CT molecular complexity index is 1290. The lowest BCUT2D eigenvalue weighted by molar-refractivity contribution is -0.119. The zero-order chi connectivity index (χ0) is 21.8. The van der Waals surface area contributed by atoms with Gasteiger partial charge in [0.2, 0.25) is 15.9 Å². The van der Waals surface area contributed by atoms with Gasteiger partial charge in [-0.15, -0.1) is 11.3 Å². The number of nitrogens with one attached hydrogen (secondary N) is 3. The molecule has 2 heterocycles. The first-order valence-corrected chi connectivity index (χ1v) is 12.2. The smallest absolute Gasteiger partial charge is 0.250 e. The van der Waals surface area contributed by atoms with E-state index in [2.05, 4.69) is 15.0 Å². The van der Waals surface area contributed by atoms with Gasteiger partial charge in [0.15, 0.2) is 0 Å². The van der Waals surface area contributed by atoms with Gasteiger partial charge in [0.1, 0.15) is 4.21 Å². The summed E-state index contributed by atoms with van der Waals surface area (Å²) in [4.78, 5) is 15.2. The van der Waals surface area contributed by atoms with E-state index in [1.54, 1.807) is 12.1 Å². The largest absolute Gasteiger partial charge is 0.361 e. The number of aromatic amines is 1. The Morgan fingerprint density at radius 2 is 1.77 bits per heavy atom. The summed E-state index contributed by atoms with van der Waals surface area (Å²) in [5, 5.41) is 3.76. The van der Waals surface area contributed by atoms with Crippen LogP contribution in [0.3, 0.4) is 0 Å². The number of fused-ring (bicyclic) bond motifs is 1. The van der Waals surface area contributed by atoms with E-state index in [0.717, 1.165) is 38.2 Å². The topological polar surface area (TPSA) is 91.1 Å². The fourth-order valence-electron chi connectivity index (χ4n) is 3.55. The van der Waals surface area contributed by atoms with E-state index >= 15 is 0 Å². The zero-order valence-corrected chi connectivity index (χ0v) is 18.6. The summed E-state index contributed by atoms with van der Waals surface area (Å²) >= 11 is 1.16. The van der Waals surface area contributed by atoms with Crippen molar-refractivity contribution in [2.45, 2.75) is 23.6 Å². The molecule has 0 bridgehead atoms. The molecule has 2 aromatic carbocycles. The van der Waals surface area contributed by atoms with Crippen molar-refractivity contribution in [3.8, 4) is 0 Å². The molecule has 1 unspecified atom stereocenters. The van der Waals surface area contributed by atoms with Crippen molar-refractivity contribution in [1.29, 1.82) is 0 Å². The summed E-state index contributed by atoms with van der Waals surface area (Å²) < 4.78 is 28.9. The molecule has 4 rings (SSSR count). The molecule has 0 saturated carbocycles. The molecule has 0 aliphatic rings. The first kappa shape index (κ1) is 21.3. The quantitative estimate of drug-likeness (QED) is 0.377. The first-order chi connectivity index (χ1) is 14.9. The van der Waals surface area contributed by atoms with Crippen LogP contribution in [0.2, 0.25) is 0 Å². The van der Waals surface area contributed by atoms with Gasteiger partial charge in [-0.2, -0.15) is 0 Å². The van der Waals surface area contributed by atoms with Crippen LogP contribution in [0.5, 0.6) is 0 Å². The normalized spacial score (nSPS) is 12.7. The fourth-order valence-corrected chi connectivity index (χ4v) is 5.94. The van der Waals surface area contributed by atoms with Gasteiger partial charge in [0.25, 0.3) is 0 Å². The Balaban J connectivity index is 1.59. The van der Waals surface area contributed by atoms with Crippen LogP contribution in [-0.2, 0) is 21.4 Å². The number of rotatable bonds is 8. The minimum absolute atomic E-state index is 0.147. The standard InChI is InChI=1S/C23H23N3O3S2/c1-16(27)24-13-18-11-12-23(30-18)31(28,29)26-15-20(17-7-3-2-4-8-17)21-14-25-22-10-6-5-9-19(21)22/h2-12,14,20,25-26H,13,15H2,1H3,(H,24,27). The van der Waals surface area contributed by atoms with Crippen LogP contribution < -0.4 is 10.0 Å². The summed E-state index contributed by atoms with van der Waals surface area (Å²) in [5.74, 6) is -0.300. The predicted octanol–water partition coefficient (Wildman–Crippen LogP) is 3.98. The second-order valence-corrected chi connectivity index (χ2v) is 10.4. The number of carbonyl (C=O) groups is 1. The molecule has 1 atom stereocenters. The molecule has 3 N–H and O–H groups in total. The van der Waals surface area contributed by atoms with Crippen LogP contribution >= 0.6 is 11.3 Å². The number of aromatic nitrogens is 1. The van der Waals surface area contributed by atoms with Crippen molar-refractivity contribution < 1.29 is 13.2 Å².